The summed E-state index contributed by atoms with van der Waals surface area (Å²) in [6.45, 7) is 1.86. The van der Waals surface area contributed by atoms with Crippen LogP contribution in [0.1, 0.15) is 19.8 Å². The van der Waals surface area contributed by atoms with E-state index in [1.54, 1.807) is 6.08 Å². The van der Waals surface area contributed by atoms with Crippen molar-refractivity contribution >= 4 is 5.78 Å². The van der Waals surface area contributed by atoms with Crippen molar-refractivity contribution in [2.24, 2.45) is 5.41 Å². The summed E-state index contributed by atoms with van der Waals surface area (Å²) in [7, 11) is 0. The second kappa shape index (κ2) is 2.83. The minimum Gasteiger partial charge on any atom is -0.293 e. The van der Waals surface area contributed by atoms with Crippen molar-refractivity contribution < 1.29 is 4.79 Å². The molecule has 12 heavy (non-hydrogen) atoms. The number of terminal acetylenes is 1. The molecule has 0 bridgehead atoms. The van der Waals surface area contributed by atoms with Crippen molar-refractivity contribution in [1.82, 2.24) is 0 Å². The summed E-state index contributed by atoms with van der Waals surface area (Å²) in [5, 5.41) is 8.58. The maximum absolute atomic E-state index is 11.1. The largest absolute Gasteiger partial charge is 0.293 e. The molecule has 0 fully saturated rings. The number of rotatable bonds is 0. The van der Waals surface area contributed by atoms with E-state index in [2.05, 4.69) is 5.92 Å². The lowest BCUT2D eigenvalue weighted by Crippen LogP contribution is -2.20. The third kappa shape index (κ3) is 1.38. The molecule has 1 aliphatic carbocycles. The lowest BCUT2D eigenvalue weighted by Gasteiger charge is -2.22. The Hall–Kier alpha value is -1.54. The summed E-state index contributed by atoms with van der Waals surface area (Å²) in [6.07, 6.45) is 7.92. The Balaban J connectivity index is 3.07. The van der Waals surface area contributed by atoms with Gasteiger partial charge in [-0.3, -0.25) is 4.79 Å². The Bertz CT molecular complexity index is 327. The number of carbonyl (C=O) groups excluding carboxylic acids is 1. The van der Waals surface area contributed by atoms with Gasteiger partial charge in [0, 0.05) is 11.8 Å². The van der Waals surface area contributed by atoms with Crippen LogP contribution in [0, 0.1) is 29.1 Å². The van der Waals surface area contributed by atoms with Crippen LogP contribution < -0.4 is 0 Å². The van der Waals surface area contributed by atoms with Crippen molar-refractivity contribution in [3.63, 3.8) is 0 Å². The number of hydrogen-bond donors (Lipinski definition) is 0. The Morgan fingerprint density at radius 2 is 2.42 bits per heavy atom. The van der Waals surface area contributed by atoms with Crippen LogP contribution in [0.15, 0.2) is 11.6 Å². The number of allylic oxidation sites excluding steroid dienone is 2. The zero-order chi connectivity index (χ0) is 9.19. The van der Waals surface area contributed by atoms with E-state index in [1.807, 2.05) is 13.0 Å². The molecule has 1 rings (SSSR count). The third-order valence-corrected chi connectivity index (χ3v) is 2.08. The van der Waals surface area contributed by atoms with Crippen LogP contribution in [-0.4, -0.2) is 5.78 Å². The van der Waals surface area contributed by atoms with E-state index in [4.69, 9.17) is 11.7 Å². The first-order valence-corrected chi connectivity index (χ1v) is 3.75. The molecule has 0 saturated heterocycles. The van der Waals surface area contributed by atoms with Gasteiger partial charge in [-0.05, 0) is 19.4 Å². The summed E-state index contributed by atoms with van der Waals surface area (Å²) in [4.78, 5) is 11.1. The fourth-order valence-corrected chi connectivity index (χ4v) is 1.19. The van der Waals surface area contributed by atoms with Gasteiger partial charge in [0.05, 0.1) is 5.57 Å². The van der Waals surface area contributed by atoms with Gasteiger partial charge < -0.3 is 0 Å². The topological polar surface area (TPSA) is 40.9 Å². The molecule has 0 amide bonds. The summed E-state index contributed by atoms with van der Waals surface area (Å²) in [6, 6.07) is 1.86. The van der Waals surface area contributed by atoms with Crippen LogP contribution >= 0.6 is 0 Å². The van der Waals surface area contributed by atoms with Gasteiger partial charge in [-0.2, -0.15) is 5.26 Å². The molecule has 0 N–H and O–H groups in total. The van der Waals surface area contributed by atoms with E-state index < -0.39 is 5.41 Å². The van der Waals surface area contributed by atoms with Crippen molar-refractivity contribution in [2.75, 3.05) is 0 Å². The minimum atomic E-state index is -0.404. The zero-order valence-electron chi connectivity index (χ0n) is 6.92. The van der Waals surface area contributed by atoms with E-state index in [9.17, 15) is 4.79 Å². The van der Waals surface area contributed by atoms with Crippen LogP contribution in [0.4, 0.5) is 0 Å². The lowest BCUT2D eigenvalue weighted by molar-refractivity contribution is -0.116. The number of carbonyl (C=O) groups is 1. The monoisotopic (exact) mass is 159 g/mol. The SMILES string of the molecule is C#CC1(C)C=C(C#N)C(=O)CC1. The van der Waals surface area contributed by atoms with Gasteiger partial charge in [0.1, 0.15) is 6.07 Å². The maximum atomic E-state index is 11.1. The Kier molecular flexibility index (Phi) is 2.02. The lowest BCUT2D eigenvalue weighted by atomic mass is 9.78. The molecule has 1 unspecified atom stereocenters. The van der Waals surface area contributed by atoms with Gasteiger partial charge in [0.2, 0.25) is 0 Å². The first kappa shape index (κ1) is 8.56. The van der Waals surface area contributed by atoms with Crippen molar-refractivity contribution in [3.05, 3.63) is 11.6 Å². The smallest absolute Gasteiger partial charge is 0.173 e. The highest BCUT2D eigenvalue weighted by molar-refractivity contribution is 6.00. The van der Waals surface area contributed by atoms with E-state index in [0.29, 0.717) is 12.8 Å². The maximum Gasteiger partial charge on any atom is 0.173 e. The Morgan fingerprint density at radius 3 is 2.92 bits per heavy atom. The molecule has 0 spiro atoms. The molecule has 0 aromatic rings. The first-order chi connectivity index (χ1) is 5.61. The highest BCUT2D eigenvalue weighted by Crippen LogP contribution is 2.30. The van der Waals surface area contributed by atoms with Crippen LogP contribution in [0.5, 0.6) is 0 Å². The van der Waals surface area contributed by atoms with Gasteiger partial charge in [-0.1, -0.05) is 5.92 Å². The molecule has 0 heterocycles. The normalized spacial score (nSPS) is 28.6. The Labute approximate surface area is 71.9 Å². The van der Waals surface area contributed by atoms with Crippen molar-refractivity contribution in [2.45, 2.75) is 19.8 Å². The predicted octanol–water partition coefficient (Wildman–Crippen LogP) is 1.44. The second-order valence-electron chi connectivity index (χ2n) is 3.15. The Morgan fingerprint density at radius 1 is 1.75 bits per heavy atom. The van der Waals surface area contributed by atoms with Crippen LogP contribution in [-0.2, 0) is 4.79 Å². The number of hydrogen-bond acceptors (Lipinski definition) is 2. The first-order valence-electron chi connectivity index (χ1n) is 3.75. The predicted molar refractivity (Wildman–Crippen MR) is 44.9 cm³/mol. The molecule has 0 radical (unpaired) electrons. The molecule has 2 nitrogen and oxygen atoms in total. The molecular weight excluding hydrogens is 150 g/mol. The average Bonchev–Trinajstić information content (AvgIpc) is 2.10. The third-order valence-electron chi connectivity index (χ3n) is 2.08. The van der Waals surface area contributed by atoms with Gasteiger partial charge in [0.15, 0.2) is 5.78 Å². The molecule has 1 atom stereocenters. The summed E-state index contributed by atoms with van der Waals surface area (Å²) in [5.74, 6) is 2.49. The van der Waals surface area contributed by atoms with E-state index in [0.717, 1.165) is 0 Å². The molecule has 0 saturated carbocycles. The molecule has 0 aromatic heterocycles. The van der Waals surface area contributed by atoms with Gasteiger partial charge in [-0.25, -0.2) is 0 Å². The van der Waals surface area contributed by atoms with Crippen LogP contribution in [0.2, 0.25) is 0 Å². The summed E-state index contributed by atoms with van der Waals surface area (Å²) in [5.41, 5.74) is -0.194. The molecule has 2 heteroatoms. The molecule has 0 aliphatic heterocycles. The molecule has 0 aromatic carbocycles. The summed E-state index contributed by atoms with van der Waals surface area (Å²) < 4.78 is 0. The summed E-state index contributed by atoms with van der Waals surface area (Å²) >= 11 is 0. The van der Waals surface area contributed by atoms with Gasteiger partial charge in [0.25, 0.3) is 0 Å². The van der Waals surface area contributed by atoms with Crippen LogP contribution in [0.25, 0.3) is 0 Å². The number of nitriles is 1. The fraction of sp³-hybridized carbons (Fsp3) is 0.400. The van der Waals surface area contributed by atoms with E-state index in [1.165, 1.54) is 0 Å². The quantitative estimate of drug-likeness (QED) is 0.502. The van der Waals surface area contributed by atoms with E-state index >= 15 is 0 Å². The van der Waals surface area contributed by atoms with Crippen LogP contribution in [0.3, 0.4) is 0 Å². The highest BCUT2D eigenvalue weighted by atomic mass is 16.1. The highest BCUT2D eigenvalue weighted by Gasteiger charge is 2.27. The second-order valence-corrected chi connectivity index (χ2v) is 3.15. The van der Waals surface area contributed by atoms with Gasteiger partial charge in [-0.15, -0.1) is 6.42 Å². The number of Topliss-reactive ketones (excluding diaryl/α,β-unsaturated/α-hetero) is 1. The molecule has 1 aliphatic rings. The molecular formula is C10H9NO. The number of nitrogens with zero attached hydrogens (tertiary/aromatic N) is 1. The average molecular weight is 159 g/mol. The van der Waals surface area contributed by atoms with Gasteiger partial charge >= 0.3 is 0 Å². The molecule has 60 valence electrons. The standard InChI is InChI=1S/C10H9NO/c1-3-10(2)5-4-9(12)8(6-10)7-11/h1,6H,4-5H2,2H3. The minimum absolute atomic E-state index is 0.0924. The van der Waals surface area contributed by atoms with Crippen molar-refractivity contribution in [3.8, 4) is 18.4 Å². The fourth-order valence-electron chi connectivity index (χ4n) is 1.19. The zero-order valence-corrected chi connectivity index (χ0v) is 6.92. The van der Waals surface area contributed by atoms with Crippen molar-refractivity contribution in [1.29, 1.82) is 5.26 Å². The number of ketones is 1. The van der Waals surface area contributed by atoms with E-state index in [-0.39, 0.29) is 11.4 Å².